The zero-order valence-electron chi connectivity index (χ0n) is 15.0. The number of hydrogen-bond donors (Lipinski definition) is 0. The third kappa shape index (κ3) is 5.81. The molecule has 6 heteroatoms. The number of nitrogens with zero attached hydrogens (tertiary/aromatic N) is 1. The number of carbonyl (C=O) groups excluding carboxylic acids is 1. The summed E-state index contributed by atoms with van der Waals surface area (Å²) in [4.78, 5) is 15.6. The fourth-order valence-corrected chi connectivity index (χ4v) is 3.38. The summed E-state index contributed by atoms with van der Waals surface area (Å²) in [6, 6.07) is 9.55. The van der Waals surface area contributed by atoms with Crippen molar-refractivity contribution in [3.05, 3.63) is 59.4 Å². The second kappa shape index (κ2) is 8.55. The third-order valence-corrected chi connectivity index (χ3v) is 4.84. The quantitative estimate of drug-likeness (QED) is 0.651. The molecule has 1 aromatic heterocycles. The molecule has 27 heavy (non-hydrogen) atoms. The van der Waals surface area contributed by atoms with Gasteiger partial charge in [0.2, 0.25) is 0 Å². The van der Waals surface area contributed by atoms with E-state index in [1.165, 1.54) is 25.1 Å². The van der Waals surface area contributed by atoms with Gasteiger partial charge in [-0.25, -0.2) is 0 Å². The van der Waals surface area contributed by atoms with Gasteiger partial charge in [-0.05, 0) is 29.7 Å². The summed E-state index contributed by atoms with van der Waals surface area (Å²) < 4.78 is 43.1. The van der Waals surface area contributed by atoms with E-state index in [9.17, 15) is 18.0 Å². The fraction of sp³-hybridized carbons (Fsp3) is 0.429. The van der Waals surface area contributed by atoms with Crippen LogP contribution in [0.15, 0.2) is 42.6 Å². The molecule has 0 aliphatic heterocycles. The average molecular weight is 377 g/mol. The topological polar surface area (TPSA) is 39.2 Å². The molecule has 1 saturated carbocycles. The van der Waals surface area contributed by atoms with Crippen LogP contribution in [0, 0.1) is 5.92 Å². The maximum Gasteiger partial charge on any atom is 0.433 e. The molecule has 1 aliphatic carbocycles. The summed E-state index contributed by atoms with van der Waals surface area (Å²) in [6.07, 6.45) is 2.62. The summed E-state index contributed by atoms with van der Waals surface area (Å²) in [6.45, 7) is 0.130. The summed E-state index contributed by atoms with van der Waals surface area (Å²) in [7, 11) is 0. The highest BCUT2D eigenvalue weighted by atomic mass is 19.4. The molecule has 0 amide bonds. The second-order valence-electron chi connectivity index (χ2n) is 7.05. The van der Waals surface area contributed by atoms with Crippen LogP contribution >= 0.6 is 0 Å². The monoisotopic (exact) mass is 377 g/mol. The molecular weight excluding hydrogens is 355 g/mol. The number of pyridine rings is 1. The highest BCUT2D eigenvalue weighted by Gasteiger charge is 2.32. The van der Waals surface area contributed by atoms with Crippen molar-refractivity contribution in [3.63, 3.8) is 0 Å². The normalized spacial score (nSPS) is 15.1. The van der Waals surface area contributed by atoms with Crippen LogP contribution in [0.2, 0.25) is 0 Å². The van der Waals surface area contributed by atoms with Crippen molar-refractivity contribution in [1.82, 2.24) is 4.98 Å². The molecule has 0 atom stereocenters. The maximum atomic E-state index is 12.5. The highest BCUT2D eigenvalue weighted by Crippen LogP contribution is 2.28. The largest absolute Gasteiger partial charge is 0.489 e. The molecule has 3 rings (SSSR count). The zero-order chi connectivity index (χ0) is 19.3. The Morgan fingerprint density at radius 3 is 2.30 bits per heavy atom. The Morgan fingerprint density at radius 1 is 1.04 bits per heavy atom. The van der Waals surface area contributed by atoms with Gasteiger partial charge in [0.25, 0.3) is 0 Å². The number of rotatable bonds is 7. The molecule has 2 aromatic rings. The van der Waals surface area contributed by atoms with E-state index >= 15 is 0 Å². The maximum absolute atomic E-state index is 12.5. The van der Waals surface area contributed by atoms with Gasteiger partial charge in [0, 0.05) is 24.6 Å². The van der Waals surface area contributed by atoms with Crippen LogP contribution < -0.4 is 4.74 Å². The van der Waals surface area contributed by atoms with E-state index in [-0.39, 0.29) is 12.4 Å². The van der Waals surface area contributed by atoms with Gasteiger partial charge in [0.1, 0.15) is 23.8 Å². The van der Waals surface area contributed by atoms with Crippen LogP contribution in [0.25, 0.3) is 0 Å². The van der Waals surface area contributed by atoms with E-state index in [0.29, 0.717) is 30.1 Å². The molecule has 0 saturated heterocycles. The number of carbonyl (C=O) groups is 1. The van der Waals surface area contributed by atoms with E-state index < -0.39 is 11.9 Å². The van der Waals surface area contributed by atoms with E-state index in [1.807, 2.05) is 12.1 Å². The lowest BCUT2D eigenvalue weighted by atomic mass is 9.97. The van der Waals surface area contributed by atoms with Crippen molar-refractivity contribution in [2.75, 3.05) is 0 Å². The van der Waals surface area contributed by atoms with Crippen LogP contribution in [0.1, 0.15) is 48.9 Å². The van der Waals surface area contributed by atoms with Gasteiger partial charge in [-0.15, -0.1) is 0 Å². The Bertz CT molecular complexity index is 748. The number of hydrogen-bond acceptors (Lipinski definition) is 3. The van der Waals surface area contributed by atoms with Crippen molar-refractivity contribution in [1.29, 1.82) is 0 Å². The SMILES string of the molecule is O=C(Cc1ccc(OCc2ccc(C(F)(F)F)nc2)cc1)CC1CCCC1. The van der Waals surface area contributed by atoms with Crippen LogP contribution in [-0.4, -0.2) is 10.8 Å². The van der Waals surface area contributed by atoms with Crippen LogP contribution in [0.5, 0.6) is 5.75 Å². The number of halogens is 3. The summed E-state index contributed by atoms with van der Waals surface area (Å²) >= 11 is 0. The smallest absolute Gasteiger partial charge is 0.433 e. The Hall–Kier alpha value is -2.37. The predicted molar refractivity (Wildman–Crippen MR) is 95.3 cm³/mol. The number of aromatic nitrogens is 1. The molecule has 1 aliphatic rings. The first kappa shape index (κ1) is 19.4. The summed E-state index contributed by atoms with van der Waals surface area (Å²) in [5, 5.41) is 0. The Morgan fingerprint density at radius 2 is 1.70 bits per heavy atom. The van der Waals surface area contributed by atoms with Crippen molar-refractivity contribution in [3.8, 4) is 5.75 Å². The van der Waals surface area contributed by atoms with Gasteiger partial charge in [0.15, 0.2) is 0 Å². The average Bonchev–Trinajstić information content (AvgIpc) is 3.13. The van der Waals surface area contributed by atoms with E-state index in [1.54, 1.807) is 12.1 Å². The minimum atomic E-state index is -4.44. The molecule has 0 N–H and O–H groups in total. The molecule has 3 nitrogen and oxygen atoms in total. The minimum absolute atomic E-state index is 0.130. The highest BCUT2D eigenvalue weighted by molar-refractivity contribution is 5.81. The second-order valence-corrected chi connectivity index (χ2v) is 7.05. The van der Waals surface area contributed by atoms with Crippen LogP contribution in [0.4, 0.5) is 13.2 Å². The van der Waals surface area contributed by atoms with Crippen molar-refractivity contribution < 1.29 is 22.7 Å². The van der Waals surface area contributed by atoms with E-state index in [0.717, 1.165) is 24.5 Å². The van der Waals surface area contributed by atoms with Gasteiger partial charge in [-0.1, -0.05) is 43.9 Å². The molecule has 0 spiro atoms. The number of ether oxygens (including phenoxy) is 1. The number of Topliss-reactive ketones (excluding diaryl/α,β-unsaturated/α-hetero) is 1. The molecule has 1 aromatic carbocycles. The summed E-state index contributed by atoms with van der Waals surface area (Å²) in [5.74, 6) is 1.42. The minimum Gasteiger partial charge on any atom is -0.489 e. The van der Waals surface area contributed by atoms with E-state index in [4.69, 9.17) is 4.74 Å². The van der Waals surface area contributed by atoms with Gasteiger partial charge in [-0.3, -0.25) is 9.78 Å². The Balaban J connectivity index is 1.48. The van der Waals surface area contributed by atoms with Crippen molar-refractivity contribution in [2.45, 2.75) is 51.3 Å². The predicted octanol–water partition coefficient (Wildman–Crippen LogP) is 5.37. The lowest BCUT2D eigenvalue weighted by molar-refractivity contribution is -0.141. The molecular formula is C21H22F3NO2. The zero-order valence-corrected chi connectivity index (χ0v) is 15.0. The first-order chi connectivity index (χ1) is 12.9. The van der Waals surface area contributed by atoms with Gasteiger partial charge in [-0.2, -0.15) is 13.2 Å². The molecule has 0 radical (unpaired) electrons. The number of alkyl halides is 3. The van der Waals surface area contributed by atoms with Crippen molar-refractivity contribution in [2.24, 2.45) is 5.92 Å². The molecule has 1 heterocycles. The molecule has 1 fully saturated rings. The number of benzene rings is 1. The van der Waals surface area contributed by atoms with Gasteiger partial charge < -0.3 is 4.74 Å². The molecule has 0 unspecified atom stereocenters. The van der Waals surface area contributed by atoms with Crippen LogP contribution in [-0.2, 0) is 24.0 Å². The Labute approximate surface area is 156 Å². The van der Waals surface area contributed by atoms with Gasteiger partial charge in [0.05, 0.1) is 0 Å². The Kier molecular flexibility index (Phi) is 6.14. The first-order valence-corrected chi connectivity index (χ1v) is 9.16. The summed E-state index contributed by atoms with van der Waals surface area (Å²) in [5.41, 5.74) is 0.582. The van der Waals surface area contributed by atoms with Gasteiger partial charge >= 0.3 is 6.18 Å². The lowest BCUT2D eigenvalue weighted by Crippen LogP contribution is -2.08. The standard InChI is InChI=1S/C21H22F3NO2/c22-21(23,24)20-10-7-17(13-25-20)14-27-19-8-5-16(6-9-19)12-18(26)11-15-3-1-2-4-15/h5-10,13,15H,1-4,11-12,14H2. The van der Waals surface area contributed by atoms with Crippen LogP contribution in [0.3, 0.4) is 0 Å². The first-order valence-electron chi connectivity index (χ1n) is 9.16. The fourth-order valence-electron chi connectivity index (χ4n) is 3.38. The van der Waals surface area contributed by atoms with E-state index in [2.05, 4.69) is 4.98 Å². The molecule has 0 bridgehead atoms. The van der Waals surface area contributed by atoms with Crippen molar-refractivity contribution >= 4 is 5.78 Å². The molecule has 144 valence electrons. The number of ketones is 1. The third-order valence-electron chi connectivity index (χ3n) is 4.84. The lowest BCUT2D eigenvalue weighted by Gasteiger charge is -2.10.